The number of carbonyl (C=O) groups excluding carboxylic acids is 1. The molecule has 0 saturated carbocycles. The molecular weight excluding hydrogens is 459 g/mol. The number of ether oxygens (including phenoxy) is 2. The van der Waals surface area contributed by atoms with E-state index in [1.54, 1.807) is 6.92 Å². The fourth-order valence-corrected chi connectivity index (χ4v) is 4.18. The van der Waals surface area contributed by atoms with Gasteiger partial charge in [0.2, 0.25) is 5.89 Å². The van der Waals surface area contributed by atoms with Crippen molar-refractivity contribution in [2.75, 3.05) is 13.7 Å². The van der Waals surface area contributed by atoms with E-state index in [9.17, 15) is 18.0 Å². The van der Waals surface area contributed by atoms with Crippen molar-refractivity contribution in [2.24, 2.45) is 0 Å². The number of nitrogens with zero attached hydrogens (tertiary/aromatic N) is 1. The molecule has 1 aliphatic rings. The molecule has 3 aromatic rings. The summed E-state index contributed by atoms with van der Waals surface area (Å²) < 4.78 is 55.0. The zero-order chi connectivity index (χ0) is 25.0. The third-order valence-corrected chi connectivity index (χ3v) is 6.04. The highest BCUT2D eigenvalue weighted by atomic mass is 19.4. The number of halogens is 3. The minimum atomic E-state index is -4.39. The van der Waals surface area contributed by atoms with Crippen LogP contribution in [0.5, 0.6) is 5.75 Å². The summed E-state index contributed by atoms with van der Waals surface area (Å²) in [4.78, 5) is 16.0. The number of hydrogen-bond acceptors (Lipinski definition) is 5. The SMILES string of the molecule is COC(=O)CCC1=CCCc2c(OCCc3nc(-c4ccc(C(F)(F)F)cc4)oc3C)cccc21. The number of aromatic nitrogens is 1. The van der Waals surface area contributed by atoms with Gasteiger partial charge in [0.15, 0.2) is 0 Å². The molecule has 1 heterocycles. The van der Waals surface area contributed by atoms with Crippen molar-refractivity contribution in [3.63, 3.8) is 0 Å². The van der Waals surface area contributed by atoms with E-state index >= 15 is 0 Å². The van der Waals surface area contributed by atoms with Crippen LogP contribution in [0.3, 0.4) is 0 Å². The highest BCUT2D eigenvalue weighted by Gasteiger charge is 2.30. The first-order valence-electron chi connectivity index (χ1n) is 11.4. The number of oxazole rings is 1. The Labute approximate surface area is 201 Å². The van der Waals surface area contributed by atoms with Crippen LogP contribution in [0.25, 0.3) is 17.0 Å². The van der Waals surface area contributed by atoms with E-state index in [2.05, 4.69) is 11.1 Å². The molecule has 1 aromatic heterocycles. The topological polar surface area (TPSA) is 61.6 Å². The van der Waals surface area contributed by atoms with Crippen LogP contribution in [-0.4, -0.2) is 24.7 Å². The summed E-state index contributed by atoms with van der Waals surface area (Å²) in [7, 11) is 1.39. The number of alkyl halides is 3. The van der Waals surface area contributed by atoms with Gasteiger partial charge in [0.25, 0.3) is 0 Å². The van der Waals surface area contributed by atoms with Crippen LogP contribution in [0.1, 0.15) is 47.4 Å². The Kier molecular flexibility index (Phi) is 7.28. The van der Waals surface area contributed by atoms with Crippen molar-refractivity contribution in [1.29, 1.82) is 0 Å². The standard InChI is InChI=1S/C27H26F3NO4/c1-17-23(31-26(35-17)19-9-12-20(13-10-19)27(28,29)30)15-16-34-24-8-4-6-21-18(5-3-7-22(21)24)11-14-25(32)33-2/h4-6,8-10,12-13H,3,7,11,14-16H2,1-2H3. The van der Waals surface area contributed by atoms with E-state index in [0.717, 1.165) is 47.4 Å². The van der Waals surface area contributed by atoms with Gasteiger partial charge in [0, 0.05) is 24.0 Å². The van der Waals surface area contributed by atoms with Gasteiger partial charge in [-0.3, -0.25) is 4.79 Å². The van der Waals surface area contributed by atoms with Gasteiger partial charge >= 0.3 is 12.1 Å². The van der Waals surface area contributed by atoms with Crippen molar-refractivity contribution in [1.82, 2.24) is 4.98 Å². The summed E-state index contributed by atoms with van der Waals surface area (Å²) >= 11 is 0. The maximum atomic E-state index is 12.8. The number of hydrogen-bond donors (Lipinski definition) is 0. The van der Waals surface area contributed by atoms with E-state index < -0.39 is 11.7 Å². The lowest BCUT2D eigenvalue weighted by Crippen LogP contribution is -2.08. The second-order valence-electron chi connectivity index (χ2n) is 8.32. The van der Waals surface area contributed by atoms with Crippen molar-refractivity contribution in [2.45, 2.75) is 45.2 Å². The van der Waals surface area contributed by atoms with Crippen LogP contribution < -0.4 is 4.74 Å². The summed E-state index contributed by atoms with van der Waals surface area (Å²) in [5.41, 5.74) is 3.81. The van der Waals surface area contributed by atoms with Crippen LogP contribution in [-0.2, 0) is 28.5 Å². The van der Waals surface area contributed by atoms with Crippen molar-refractivity contribution in [3.05, 3.63) is 76.7 Å². The molecule has 2 aromatic carbocycles. The molecule has 0 aliphatic heterocycles. The molecule has 184 valence electrons. The Morgan fingerprint density at radius 3 is 2.60 bits per heavy atom. The lowest BCUT2D eigenvalue weighted by atomic mass is 9.88. The molecule has 8 heteroatoms. The largest absolute Gasteiger partial charge is 0.493 e. The average Bonchev–Trinajstić information content (AvgIpc) is 3.22. The smallest absolute Gasteiger partial charge is 0.416 e. The number of carbonyl (C=O) groups is 1. The number of esters is 1. The summed E-state index contributed by atoms with van der Waals surface area (Å²) in [6.45, 7) is 2.15. The van der Waals surface area contributed by atoms with Crippen molar-refractivity contribution in [3.8, 4) is 17.2 Å². The number of aryl methyl sites for hydroxylation is 1. The first-order chi connectivity index (χ1) is 16.8. The molecular formula is C27H26F3NO4. The number of methoxy groups -OCH3 is 1. The number of fused-ring (bicyclic) bond motifs is 1. The van der Waals surface area contributed by atoms with Crippen LogP contribution in [0.15, 0.2) is 53.0 Å². The summed E-state index contributed by atoms with van der Waals surface area (Å²) in [6, 6.07) is 10.7. The summed E-state index contributed by atoms with van der Waals surface area (Å²) in [5, 5.41) is 0. The average molecular weight is 486 g/mol. The van der Waals surface area contributed by atoms with Crippen LogP contribution in [0.4, 0.5) is 13.2 Å². The highest BCUT2D eigenvalue weighted by molar-refractivity contribution is 5.77. The molecule has 0 bridgehead atoms. The maximum absolute atomic E-state index is 12.8. The van der Waals surface area contributed by atoms with Crippen LogP contribution in [0.2, 0.25) is 0 Å². The minimum Gasteiger partial charge on any atom is -0.493 e. The third-order valence-electron chi connectivity index (χ3n) is 6.04. The Morgan fingerprint density at radius 1 is 1.11 bits per heavy atom. The Bertz CT molecular complexity index is 1230. The molecule has 0 atom stereocenters. The minimum absolute atomic E-state index is 0.232. The number of rotatable bonds is 8. The molecule has 35 heavy (non-hydrogen) atoms. The van der Waals surface area contributed by atoms with E-state index in [1.807, 2.05) is 18.2 Å². The monoisotopic (exact) mass is 485 g/mol. The maximum Gasteiger partial charge on any atom is 0.416 e. The Balaban J connectivity index is 1.41. The first kappa shape index (κ1) is 24.6. The van der Waals surface area contributed by atoms with Gasteiger partial charge in [-0.15, -0.1) is 0 Å². The fourth-order valence-electron chi connectivity index (χ4n) is 4.18. The van der Waals surface area contributed by atoms with Gasteiger partial charge in [0.05, 0.1) is 25.0 Å². The molecule has 5 nitrogen and oxygen atoms in total. The van der Waals surface area contributed by atoms with E-state index in [-0.39, 0.29) is 11.9 Å². The number of benzene rings is 2. The van der Waals surface area contributed by atoms with Gasteiger partial charge in [-0.1, -0.05) is 18.2 Å². The second-order valence-corrected chi connectivity index (χ2v) is 8.32. The second kappa shape index (κ2) is 10.4. The molecule has 0 fully saturated rings. The Hall–Kier alpha value is -3.55. The zero-order valence-electron chi connectivity index (χ0n) is 19.6. The predicted molar refractivity (Wildman–Crippen MR) is 125 cm³/mol. The zero-order valence-corrected chi connectivity index (χ0v) is 19.6. The quantitative estimate of drug-likeness (QED) is 0.338. The summed E-state index contributed by atoms with van der Waals surface area (Å²) in [5.74, 6) is 1.45. The third kappa shape index (κ3) is 5.75. The molecule has 0 amide bonds. The van der Waals surface area contributed by atoms with E-state index in [0.29, 0.717) is 42.9 Å². The summed E-state index contributed by atoms with van der Waals surface area (Å²) in [6.07, 6.45) is 0.952. The van der Waals surface area contributed by atoms with Gasteiger partial charge < -0.3 is 13.9 Å². The molecule has 0 saturated heterocycles. The fraction of sp³-hybridized carbons (Fsp3) is 0.333. The van der Waals surface area contributed by atoms with Gasteiger partial charge in [-0.05, 0) is 67.7 Å². The predicted octanol–water partition coefficient (Wildman–Crippen LogP) is 6.57. The van der Waals surface area contributed by atoms with E-state index in [1.165, 1.54) is 19.2 Å². The highest BCUT2D eigenvalue weighted by Crippen LogP contribution is 2.35. The molecule has 0 spiro atoms. The first-order valence-corrected chi connectivity index (χ1v) is 11.4. The van der Waals surface area contributed by atoms with Crippen molar-refractivity contribution < 1.29 is 31.9 Å². The van der Waals surface area contributed by atoms with E-state index in [4.69, 9.17) is 13.9 Å². The Morgan fingerprint density at radius 2 is 1.89 bits per heavy atom. The lowest BCUT2D eigenvalue weighted by molar-refractivity contribution is -0.140. The molecule has 0 radical (unpaired) electrons. The molecule has 0 N–H and O–H groups in total. The van der Waals surface area contributed by atoms with Crippen LogP contribution in [0, 0.1) is 6.92 Å². The molecule has 1 aliphatic carbocycles. The van der Waals surface area contributed by atoms with Crippen LogP contribution >= 0.6 is 0 Å². The number of allylic oxidation sites excluding steroid dienone is 2. The normalized spacial score (nSPS) is 13.2. The van der Waals surface area contributed by atoms with Crippen molar-refractivity contribution >= 4 is 11.5 Å². The van der Waals surface area contributed by atoms with Gasteiger partial charge in [-0.25, -0.2) is 4.98 Å². The van der Waals surface area contributed by atoms with Gasteiger partial charge in [-0.2, -0.15) is 13.2 Å². The molecule has 0 unspecified atom stereocenters. The molecule has 4 rings (SSSR count). The van der Waals surface area contributed by atoms with Gasteiger partial charge in [0.1, 0.15) is 11.5 Å². The lowest BCUT2D eigenvalue weighted by Gasteiger charge is -2.21.